The molecule has 16 heteroatoms. The van der Waals surface area contributed by atoms with Gasteiger partial charge in [0.05, 0.1) is 150 Å². The van der Waals surface area contributed by atoms with Gasteiger partial charge in [-0.25, -0.2) is 0 Å². The number of rotatable bonds is 41. The lowest BCUT2D eigenvalue weighted by atomic mass is 10.2. The third-order valence-electron chi connectivity index (χ3n) is 6.67. The molecular formula is C35H63ClO14S. The molecule has 0 aliphatic carbocycles. The van der Waals surface area contributed by atoms with E-state index in [0.717, 1.165) is 43.7 Å². The van der Waals surface area contributed by atoms with Crippen LogP contribution < -0.4 is 0 Å². The predicted octanol–water partition coefficient (Wildman–Crippen LogP) is 3.68. The highest BCUT2D eigenvalue weighted by molar-refractivity contribution is 7.86. The van der Waals surface area contributed by atoms with E-state index in [1.807, 2.05) is 6.92 Å². The molecule has 0 amide bonds. The minimum Gasteiger partial charge on any atom is -0.379 e. The number of ether oxygens (including phenoxy) is 11. The maximum absolute atomic E-state index is 12.1. The standard InChI is InChI=1S/C35H63ClO14S/c1-34-6-8-35(9-7-34)51(37,38)50-33-32-49-31-30-48-29-28-47-27-26-46-25-24-45-23-22-44-21-20-43-19-18-42-17-16-41-15-14-40-13-12-39-11-5-3-2-4-10-36/h6-9H,2-5,10-33H2,1H3. The van der Waals surface area contributed by atoms with E-state index >= 15 is 0 Å². The molecule has 0 radical (unpaired) electrons. The summed E-state index contributed by atoms with van der Waals surface area (Å²) >= 11 is 5.65. The summed E-state index contributed by atoms with van der Waals surface area (Å²) in [5, 5.41) is 0. The second kappa shape index (κ2) is 37.3. The molecule has 0 aliphatic heterocycles. The first-order valence-corrected chi connectivity index (χ1v) is 19.9. The molecule has 0 bridgehead atoms. The summed E-state index contributed by atoms with van der Waals surface area (Å²) in [4.78, 5) is 0.128. The van der Waals surface area contributed by atoms with Crippen LogP contribution in [0.1, 0.15) is 31.2 Å². The van der Waals surface area contributed by atoms with Gasteiger partial charge in [0.2, 0.25) is 0 Å². The van der Waals surface area contributed by atoms with Gasteiger partial charge in [0.1, 0.15) is 0 Å². The molecule has 0 heterocycles. The summed E-state index contributed by atoms with van der Waals surface area (Å²) in [6, 6.07) is 6.48. The Kier molecular flexibility index (Phi) is 35.1. The summed E-state index contributed by atoms with van der Waals surface area (Å²) in [5.74, 6) is 0.737. The average Bonchev–Trinajstić information content (AvgIpc) is 3.12. The third kappa shape index (κ3) is 33.3. The van der Waals surface area contributed by atoms with Crippen LogP contribution in [-0.2, 0) is 66.4 Å². The summed E-state index contributed by atoms with van der Waals surface area (Å²) in [6.45, 7) is 12.4. The molecule has 0 N–H and O–H groups in total. The quantitative estimate of drug-likeness (QED) is 0.0542. The van der Waals surface area contributed by atoms with Gasteiger partial charge in [0.15, 0.2) is 0 Å². The molecule has 1 aromatic rings. The van der Waals surface area contributed by atoms with Crippen molar-refractivity contribution in [2.45, 2.75) is 37.5 Å². The first-order valence-electron chi connectivity index (χ1n) is 17.9. The Balaban J connectivity index is 1.66. The van der Waals surface area contributed by atoms with Gasteiger partial charge in [0, 0.05) is 12.5 Å². The Hall–Kier alpha value is -1.02. The van der Waals surface area contributed by atoms with Crippen LogP contribution >= 0.6 is 11.6 Å². The van der Waals surface area contributed by atoms with Crippen LogP contribution in [0.5, 0.6) is 0 Å². The first kappa shape index (κ1) is 48.0. The van der Waals surface area contributed by atoms with Crippen molar-refractivity contribution < 1.29 is 64.7 Å². The molecular weight excluding hydrogens is 712 g/mol. The zero-order chi connectivity index (χ0) is 36.8. The van der Waals surface area contributed by atoms with E-state index in [1.165, 1.54) is 12.1 Å². The number of hydrogen-bond donors (Lipinski definition) is 0. The average molecular weight is 775 g/mol. The largest absolute Gasteiger partial charge is 0.379 e. The van der Waals surface area contributed by atoms with E-state index in [-0.39, 0.29) is 18.1 Å². The van der Waals surface area contributed by atoms with Crippen LogP contribution in [0.15, 0.2) is 29.2 Å². The summed E-state index contributed by atoms with van der Waals surface area (Å²) in [6.07, 6.45) is 4.47. The van der Waals surface area contributed by atoms with Crippen molar-refractivity contribution in [2.75, 3.05) is 158 Å². The highest BCUT2D eigenvalue weighted by atomic mass is 35.5. The second-order valence-electron chi connectivity index (χ2n) is 10.9. The Bertz CT molecular complexity index is 958. The van der Waals surface area contributed by atoms with Crippen LogP contribution in [-0.4, -0.2) is 166 Å². The summed E-state index contributed by atoms with van der Waals surface area (Å²) in [7, 11) is -3.78. The lowest BCUT2D eigenvalue weighted by molar-refractivity contribution is -0.0277. The van der Waals surface area contributed by atoms with Crippen LogP contribution in [0.25, 0.3) is 0 Å². The smallest absolute Gasteiger partial charge is 0.297 e. The molecule has 0 fully saturated rings. The van der Waals surface area contributed by atoms with Crippen LogP contribution in [0.3, 0.4) is 0 Å². The fourth-order valence-electron chi connectivity index (χ4n) is 3.93. The zero-order valence-electron chi connectivity index (χ0n) is 30.6. The van der Waals surface area contributed by atoms with Gasteiger partial charge in [-0.15, -0.1) is 11.6 Å². The monoisotopic (exact) mass is 774 g/mol. The predicted molar refractivity (Wildman–Crippen MR) is 193 cm³/mol. The molecule has 0 aromatic heterocycles. The number of alkyl halides is 1. The van der Waals surface area contributed by atoms with E-state index in [1.54, 1.807) is 12.1 Å². The van der Waals surface area contributed by atoms with Crippen molar-refractivity contribution in [1.29, 1.82) is 0 Å². The highest BCUT2D eigenvalue weighted by Crippen LogP contribution is 2.13. The topological polar surface area (TPSA) is 145 Å². The van der Waals surface area contributed by atoms with E-state index in [2.05, 4.69) is 0 Å². The summed E-state index contributed by atoms with van der Waals surface area (Å²) in [5.41, 5.74) is 0.975. The molecule has 0 aliphatic rings. The molecule has 0 saturated heterocycles. The number of hydrogen-bond acceptors (Lipinski definition) is 14. The molecule has 51 heavy (non-hydrogen) atoms. The van der Waals surface area contributed by atoms with Crippen molar-refractivity contribution in [3.8, 4) is 0 Å². The third-order valence-corrected chi connectivity index (χ3v) is 8.26. The van der Waals surface area contributed by atoms with Gasteiger partial charge in [-0.05, 0) is 31.9 Å². The molecule has 14 nitrogen and oxygen atoms in total. The van der Waals surface area contributed by atoms with Crippen LogP contribution in [0.4, 0.5) is 0 Å². The molecule has 0 atom stereocenters. The maximum atomic E-state index is 12.1. The van der Waals surface area contributed by atoms with Gasteiger partial charge >= 0.3 is 0 Å². The number of benzene rings is 1. The Labute approximate surface area is 311 Å². The fourth-order valence-corrected chi connectivity index (χ4v) is 5.01. The van der Waals surface area contributed by atoms with Gasteiger partial charge in [-0.3, -0.25) is 4.18 Å². The lowest BCUT2D eigenvalue weighted by Gasteiger charge is -2.09. The Morgan fingerprint density at radius 3 is 0.980 bits per heavy atom. The Morgan fingerprint density at radius 1 is 0.392 bits per heavy atom. The molecule has 0 unspecified atom stereocenters. The molecule has 300 valence electrons. The van der Waals surface area contributed by atoms with Gasteiger partial charge < -0.3 is 52.1 Å². The van der Waals surface area contributed by atoms with Crippen molar-refractivity contribution in [3.05, 3.63) is 29.8 Å². The normalized spacial score (nSPS) is 11.9. The minimum atomic E-state index is -3.78. The van der Waals surface area contributed by atoms with Crippen molar-refractivity contribution >= 4 is 21.7 Å². The van der Waals surface area contributed by atoms with E-state index in [0.29, 0.717) is 132 Å². The SMILES string of the molecule is Cc1ccc(S(=O)(=O)OCCOCCOCCOCCOCCOCCOCCOCCOCCOCCOCCOCCCCCCCl)cc1. The van der Waals surface area contributed by atoms with Gasteiger partial charge in [0.25, 0.3) is 10.1 Å². The zero-order valence-corrected chi connectivity index (χ0v) is 32.2. The highest BCUT2D eigenvalue weighted by Gasteiger charge is 2.14. The van der Waals surface area contributed by atoms with Crippen molar-refractivity contribution in [1.82, 2.24) is 0 Å². The van der Waals surface area contributed by atoms with Crippen LogP contribution in [0, 0.1) is 6.92 Å². The summed E-state index contributed by atoms with van der Waals surface area (Å²) < 4.78 is 89.2. The first-order chi connectivity index (χ1) is 25.1. The van der Waals surface area contributed by atoms with Crippen LogP contribution in [0.2, 0.25) is 0 Å². The van der Waals surface area contributed by atoms with Crippen molar-refractivity contribution in [2.24, 2.45) is 0 Å². The van der Waals surface area contributed by atoms with E-state index < -0.39 is 10.1 Å². The fraction of sp³-hybridized carbons (Fsp3) is 0.829. The van der Waals surface area contributed by atoms with E-state index in [4.69, 9.17) is 67.9 Å². The minimum absolute atomic E-state index is 0.0600. The second-order valence-corrected chi connectivity index (χ2v) is 12.9. The van der Waals surface area contributed by atoms with Gasteiger partial charge in [-0.1, -0.05) is 30.5 Å². The Morgan fingerprint density at radius 2 is 0.667 bits per heavy atom. The van der Waals surface area contributed by atoms with E-state index in [9.17, 15) is 8.42 Å². The molecule has 1 aromatic carbocycles. The molecule has 1 rings (SSSR count). The number of halogens is 1. The molecule has 0 spiro atoms. The van der Waals surface area contributed by atoms with Gasteiger partial charge in [-0.2, -0.15) is 8.42 Å². The molecule has 0 saturated carbocycles. The number of aryl methyl sites for hydroxylation is 1. The maximum Gasteiger partial charge on any atom is 0.297 e. The lowest BCUT2D eigenvalue weighted by Crippen LogP contribution is -2.16. The number of unbranched alkanes of at least 4 members (excludes halogenated alkanes) is 3. The van der Waals surface area contributed by atoms with Crippen molar-refractivity contribution in [3.63, 3.8) is 0 Å².